The number of rotatable bonds is 2. The highest BCUT2D eigenvalue weighted by Crippen LogP contribution is 2.40. The number of nitrogens with zero attached hydrogens (tertiary/aromatic N) is 1. The van der Waals surface area contributed by atoms with Crippen molar-refractivity contribution in [2.45, 2.75) is 32.2 Å². The van der Waals surface area contributed by atoms with Crippen molar-refractivity contribution in [2.75, 3.05) is 4.90 Å². The van der Waals surface area contributed by atoms with E-state index in [2.05, 4.69) is 5.32 Å². The largest absolute Gasteiger partial charge is 0.333 e. The van der Waals surface area contributed by atoms with Crippen LogP contribution in [-0.4, -0.2) is 23.3 Å². The summed E-state index contributed by atoms with van der Waals surface area (Å²) in [5.74, 6) is -3.08. The molecule has 0 aliphatic carbocycles. The monoisotopic (exact) mass is 394 g/mol. The third kappa shape index (κ3) is 3.37. The number of anilines is 1. The van der Waals surface area contributed by atoms with Crippen LogP contribution in [-0.2, 0) is 4.79 Å². The molecule has 3 amide bonds. The van der Waals surface area contributed by atoms with E-state index in [0.29, 0.717) is 5.02 Å². The minimum Gasteiger partial charge on any atom is -0.333 e. The molecule has 1 atom stereocenters. The molecule has 2 heterocycles. The molecule has 1 aliphatic rings. The lowest BCUT2D eigenvalue weighted by Crippen LogP contribution is -2.50. The molecule has 1 N–H and O–H groups in total. The number of ketones is 1. The zero-order chi connectivity index (χ0) is 19.2. The molecule has 8 heteroatoms. The van der Waals surface area contributed by atoms with Crippen LogP contribution < -0.4 is 10.2 Å². The Morgan fingerprint density at radius 1 is 1.27 bits per heavy atom. The molecule has 2 aromatic rings. The van der Waals surface area contributed by atoms with Crippen LogP contribution in [0.3, 0.4) is 0 Å². The first-order chi connectivity index (χ1) is 12.1. The third-order valence-corrected chi connectivity index (χ3v) is 5.06. The zero-order valence-electron chi connectivity index (χ0n) is 14.3. The molecular formula is C18H16ClFN2O3S. The van der Waals surface area contributed by atoms with Gasteiger partial charge in [0.05, 0.1) is 15.6 Å². The molecule has 3 rings (SSSR count). The van der Waals surface area contributed by atoms with Crippen molar-refractivity contribution in [1.82, 2.24) is 5.32 Å². The fraction of sp³-hybridized carbons (Fsp3) is 0.278. The van der Waals surface area contributed by atoms with Crippen molar-refractivity contribution >= 4 is 46.3 Å². The number of nitrogens with one attached hydrogen (secondary N) is 1. The fourth-order valence-corrected chi connectivity index (χ4v) is 3.81. The number of urea groups is 1. The van der Waals surface area contributed by atoms with E-state index in [0.717, 1.165) is 28.4 Å². The van der Waals surface area contributed by atoms with Gasteiger partial charge in [-0.1, -0.05) is 11.6 Å². The summed E-state index contributed by atoms with van der Waals surface area (Å²) in [4.78, 5) is 39.5. The van der Waals surface area contributed by atoms with Crippen LogP contribution in [0.2, 0.25) is 5.02 Å². The van der Waals surface area contributed by atoms with Gasteiger partial charge in [0, 0.05) is 10.9 Å². The van der Waals surface area contributed by atoms with Crippen molar-refractivity contribution in [3.8, 4) is 0 Å². The van der Waals surface area contributed by atoms with Gasteiger partial charge in [-0.25, -0.2) is 14.1 Å². The molecule has 0 fully saturated rings. The Balaban J connectivity index is 2.05. The Labute approximate surface area is 158 Å². The molecule has 0 radical (unpaired) electrons. The van der Waals surface area contributed by atoms with Crippen LogP contribution in [0.1, 0.15) is 41.9 Å². The average molecular weight is 395 g/mol. The second kappa shape index (κ2) is 6.48. The summed E-state index contributed by atoms with van der Waals surface area (Å²) in [5, 5.41) is 4.65. The average Bonchev–Trinajstić information content (AvgIpc) is 3.05. The molecule has 5 nitrogen and oxygen atoms in total. The lowest BCUT2D eigenvalue weighted by atomic mass is 9.95. The maximum absolute atomic E-state index is 13.8. The Morgan fingerprint density at radius 2 is 1.96 bits per heavy atom. The summed E-state index contributed by atoms with van der Waals surface area (Å²) >= 11 is 6.96. The number of imide groups is 1. The topological polar surface area (TPSA) is 66.5 Å². The molecule has 0 saturated carbocycles. The summed E-state index contributed by atoms with van der Waals surface area (Å²) in [6.45, 7) is 5.31. The van der Waals surface area contributed by atoms with E-state index in [9.17, 15) is 18.8 Å². The van der Waals surface area contributed by atoms with Gasteiger partial charge in [0.15, 0.2) is 5.78 Å². The molecule has 1 aliphatic heterocycles. The van der Waals surface area contributed by atoms with Crippen LogP contribution in [0.25, 0.3) is 0 Å². The molecule has 0 saturated heterocycles. The van der Waals surface area contributed by atoms with Gasteiger partial charge in [0.1, 0.15) is 11.7 Å². The summed E-state index contributed by atoms with van der Waals surface area (Å²) in [5.41, 5.74) is -0.200. The number of hydrogen-bond acceptors (Lipinski definition) is 4. The molecule has 0 bridgehead atoms. The van der Waals surface area contributed by atoms with Gasteiger partial charge < -0.3 is 5.32 Å². The van der Waals surface area contributed by atoms with Gasteiger partial charge in [0.25, 0.3) is 5.91 Å². The summed E-state index contributed by atoms with van der Waals surface area (Å²) in [7, 11) is 0. The zero-order valence-corrected chi connectivity index (χ0v) is 15.9. The van der Waals surface area contributed by atoms with E-state index in [-0.39, 0.29) is 16.1 Å². The van der Waals surface area contributed by atoms with Crippen molar-refractivity contribution in [1.29, 1.82) is 0 Å². The number of Topliss-reactive ketones (excluding diaryl/α,β-unsaturated/α-hetero) is 1. The molecule has 1 aromatic carbocycles. The van der Waals surface area contributed by atoms with Gasteiger partial charge in [-0.05, 0) is 50.6 Å². The standard InChI is InChI=1S/C18H16ClFN2O3S/c1-18(2,3)21-17(25)22-12-5-4-10(20)7-11(12)14(16(22)24)15(23)13-6-9(19)8-26-13/h4-8,14H,1-3H3,(H,21,25). The first-order valence-electron chi connectivity index (χ1n) is 7.82. The number of carbonyl (C=O) groups excluding carboxylic acids is 3. The quantitative estimate of drug-likeness (QED) is 0.607. The molecule has 1 unspecified atom stereocenters. The van der Waals surface area contributed by atoms with Gasteiger partial charge in [-0.15, -0.1) is 11.3 Å². The van der Waals surface area contributed by atoms with Crippen LogP contribution >= 0.6 is 22.9 Å². The fourth-order valence-electron chi connectivity index (χ4n) is 2.77. The van der Waals surface area contributed by atoms with Gasteiger partial charge in [0.2, 0.25) is 0 Å². The first kappa shape index (κ1) is 18.5. The Kier molecular flexibility index (Phi) is 4.62. The minimum absolute atomic E-state index is 0.175. The molecule has 136 valence electrons. The van der Waals surface area contributed by atoms with Crippen molar-refractivity contribution in [3.05, 3.63) is 50.9 Å². The molecule has 26 heavy (non-hydrogen) atoms. The third-order valence-electron chi connectivity index (χ3n) is 3.77. The Morgan fingerprint density at radius 3 is 2.54 bits per heavy atom. The predicted molar refractivity (Wildman–Crippen MR) is 98.6 cm³/mol. The summed E-state index contributed by atoms with van der Waals surface area (Å²) in [6, 6.07) is 4.40. The maximum Gasteiger partial charge on any atom is 0.329 e. The van der Waals surface area contributed by atoms with Crippen LogP contribution in [0.15, 0.2) is 29.6 Å². The summed E-state index contributed by atoms with van der Waals surface area (Å²) < 4.78 is 13.8. The van der Waals surface area contributed by atoms with Crippen molar-refractivity contribution in [3.63, 3.8) is 0 Å². The first-order valence-corrected chi connectivity index (χ1v) is 9.08. The lowest BCUT2D eigenvalue weighted by molar-refractivity contribution is -0.117. The molecular weight excluding hydrogens is 379 g/mol. The Hall–Kier alpha value is -2.25. The van der Waals surface area contributed by atoms with Gasteiger partial charge in [-0.3, -0.25) is 9.59 Å². The number of carbonyl (C=O) groups is 3. The molecule has 1 aromatic heterocycles. The number of halogens is 2. The predicted octanol–water partition coefficient (Wildman–Crippen LogP) is 4.36. The SMILES string of the molecule is CC(C)(C)NC(=O)N1C(=O)C(C(=O)c2cc(Cl)cs2)c2cc(F)ccc21. The van der Waals surface area contributed by atoms with E-state index in [1.165, 1.54) is 12.1 Å². The second-order valence-corrected chi connectivity index (χ2v) is 8.33. The van der Waals surface area contributed by atoms with Crippen LogP contribution in [0.4, 0.5) is 14.9 Å². The highest BCUT2D eigenvalue weighted by atomic mass is 35.5. The lowest BCUT2D eigenvalue weighted by Gasteiger charge is -2.25. The number of fused-ring (bicyclic) bond motifs is 1. The van der Waals surface area contributed by atoms with E-state index in [1.54, 1.807) is 26.2 Å². The minimum atomic E-state index is -1.28. The van der Waals surface area contributed by atoms with Gasteiger partial charge >= 0.3 is 6.03 Å². The van der Waals surface area contributed by atoms with E-state index in [4.69, 9.17) is 11.6 Å². The smallest absolute Gasteiger partial charge is 0.329 e. The van der Waals surface area contributed by atoms with Crippen LogP contribution in [0.5, 0.6) is 0 Å². The highest BCUT2D eigenvalue weighted by molar-refractivity contribution is 7.12. The van der Waals surface area contributed by atoms with Crippen molar-refractivity contribution < 1.29 is 18.8 Å². The summed E-state index contributed by atoms with van der Waals surface area (Å²) in [6.07, 6.45) is 0. The maximum atomic E-state index is 13.8. The number of amides is 3. The highest BCUT2D eigenvalue weighted by Gasteiger charge is 2.46. The normalized spacial score (nSPS) is 16.6. The Bertz CT molecular complexity index is 919. The molecule has 0 spiro atoms. The number of benzene rings is 1. The second-order valence-electron chi connectivity index (χ2n) is 6.98. The van der Waals surface area contributed by atoms with Gasteiger partial charge in [-0.2, -0.15) is 0 Å². The van der Waals surface area contributed by atoms with E-state index in [1.807, 2.05) is 0 Å². The number of thiophene rings is 1. The van der Waals surface area contributed by atoms with E-state index < -0.39 is 35.0 Å². The van der Waals surface area contributed by atoms with Crippen LogP contribution in [0, 0.1) is 5.82 Å². The van der Waals surface area contributed by atoms with E-state index >= 15 is 0 Å². The van der Waals surface area contributed by atoms with Crippen molar-refractivity contribution in [2.24, 2.45) is 0 Å². The number of hydrogen-bond donors (Lipinski definition) is 1.